The van der Waals surface area contributed by atoms with Crippen molar-refractivity contribution in [1.82, 2.24) is 4.90 Å². The first kappa shape index (κ1) is 13.9. The van der Waals surface area contributed by atoms with Gasteiger partial charge in [0.15, 0.2) is 0 Å². The lowest BCUT2D eigenvalue weighted by Gasteiger charge is -2.20. The Morgan fingerprint density at radius 2 is 2.12 bits per heavy atom. The summed E-state index contributed by atoms with van der Waals surface area (Å²) in [5.41, 5.74) is 5.61. The zero-order chi connectivity index (χ0) is 11.6. The van der Waals surface area contributed by atoms with Gasteiger partial charge in [-0.05, 0) is 44.7 Å². The molecule has 0 bridgehead atoms. The van der Waals surface area contributed by atoms with Crippen LogP contribution in [0.4, 0.5) is 0 Å². The SMILES string of the molecule is CCC(CCN)CCCN1CCCOCC1. The average Bonchev–Trinajstić information content (AvgIpc) is 2.56. The molecule has 1 atom stereocenters. The summed E-state index contributed by atoms with van der Waals surface area (Å²) in [5, 5.41) is 0. The fourth-order valence-electron chi connectivity index (χ4n) is 2.41. The summed E-state index contributed by atoms with van der Waals surface area (Å²) in [5.74, 6) is 0.841. The first-order valence-corrected chi connectivity index (χ1v) is 6.87. The van der Waals surface area contributed by atoms with E-state index in [0.29, 0.717) is 0 Å². The van der Waals surface area contributed by atoms with E-state index in [0.717, 1.165) is 32.2 Å². The van der Waals surface area contributed by atoms with Crippen molar-refractivity contribution in [1.29, 1.82) is 0 Å². The van der Waals surface area contributed by atoms with Crippen molar-refractivity contribution in [3.05, 3.63) is 0 Å². The van der Waals surface area contributed by atoms with Gasteiger partial charge >= 0.3 is 0 Å². The number of rotatable bonds is 7. The van der Waals surface area contributed by atoms with E-state index in [1.54, 1.807) is 0 Å². The lowest BCUT2D eigenvalue weighted by atomic mass is 9.96. The summed E-state index contributed by atoms with van der Waals surface area (Å²) >= 11 is 0. The maximum Gasteiger partial charge on any atom is 0.0593 e. The Morgan fingerprint density at radius 3 is 2.88 bits per heavy atom. The molecule has 1 rings (SSSR count). The van der Waals surface area contributed by atoms with Crippen LogP contribution in [0.5, 0.6) is 0 Å². The highest BCUT2D eigenvalue weighted by Crippen LogP contribution is 2.15. The molecule has 1 aliphatic rings. The van der Waals surface area contributed by atoms with E-state index in [1.807, 2.05) is 0 Å². The van der Waals surface area contributed by atoms with Crippen LogP contribution in [0.3, 0.4) is 0 Å². The molecule has 0 aliphatic carbocycles. The van der Waals surface area contributed by atoms with Crippen LogP contribution >= 0.6 is 0 Å². The second kappa shape index (κ2) is 8.97. The Morgan fingerprint density at radius 1 is 1.25 bits per heavy atom. The van der Waals surface area contributed by atoms with E-state index < -0.39 is 0 Å². The van der Waals surface area contributed by atoms with Crippen molar-refractivity contribution in [3.63, 3.8) is 0 Å². The van der Waals surface area contributed by atoms with Gasteiger partial charge in [0.2, 0.25) is 0 Å². The van der Waals surface area contributed by atoms with Crippen molar-refractivity contribution in [3.8, 4) is 0 Å². The summed E-state index contributed by atoms with van der Waals surface area (Å²) < 4.78 is 5.45. The number of hydrogen-bond donors (Lipinski definition) is 1. The Hall–Kier alpha value is -0.120. The highest BCUT2D eigenvalue weighted by molar-refractivity contribution is 4.64. The Kier molecular flexibility index (Phi) is 7.81. The predicted molar refractivity (Wildman–Crippen MR) is 68.6 cm³/mol. The topological polar surface area (TPSA) is 38.5 Å². The summed E-state index contributed by atoms with van der Waals surface area (Å²) in [4.78, 5) is 2.54. The molecule has 0 spiro atoms. The molecule has 3 nitrogen and oxygen atoms in total. The van der Waals surface area contributed by atoms with Gasteiger partial charge < -0.3 is 15.4 Å². The molecular weight excluding hydrogens is 200 g/mol. The molecule has 3 heteroatoms. The molecule has 1 saturated heterocycles. The fourth-order valence-corrected chi connectivity index (χ4v) is 2.41. The Bertz CT molecular complexity index is 156. The van der Waals surface area contributed by atoms with Crippen LogP contribution in [0.1, 0.15) is 39.0 Å². The maximum atomic E-state index is 5.61. The van der Waals surface area contributed by atoms with E-state index in [-0.39, 0.29) is 0 Å². The van der Waals surface area contributed by atoms with Crippen molar-refractivity contribution < 1.29 is 4.74 Å². The summed E-state index contributed by atoms with van der Waals surface area (Å²) in [6, 6.07) is 0. The highest BCUT2D eigenvalue weighted by atomic mass is 16.5. The van der Waals surface area contributed by atoms with E-state index in [1.165, 1.54) is 45.2 Å². The largest absolute Gasteiger partial charge is 0.380 e. The number of nitrogens with zero attached hydrogens (tertiary/aromatic N) is 1. The first-order valence-electron chi connectivity index (χ1n) is 6.87. The second-order valence-electron chi connectivity index (χ2n) is 4.80. The van der Waals surface area contributed by atoms with Gasteiger partial charge in [-0.2, -0.15) is 0 Å². The maximum absolute atomic E-state index is 5.61. The van der Waals surface area contributed by atoms with Crippen molar-refractivity contribution in [2.75, 3.05) is 39.4 Å². The van der Waals surface area contributed by atoms with Gasteiger partial charge in [-0.25, -0.2) is 0 Å². The van der Waals surface area contributed by atoms with Crippen LogP contribution in [-0.2, 0) is 4.74 Å². The third-order valence-electron chi connectivity index (χ3n) is 3.55. The van der Waals surface area contributed by atoms with Gasteiger partial charge in [0.25, 0.3) is 0 Å². The molecule has 0 amide bonds. The molecule has 0 aromatic carbocycles. The first-order chi connectivity index (χ1) is 7.86. The van der Waals surface area contributed by atoms with E-state index >= 15 is 0 Å². The molecule has 2 N–H and O–H groups in total. The van der Waals surface area contributed by atoms with Crippen molar-refractivity contribution in [2.24, 2.45) is 11.7 Å². The Labute approximate surface area is 100 Å². The summed E-state index contributed by atoms with van der Waals surface area (Å²) in [7, 11) is 0. The predicted octanol–water partition coefficient (Wildman–Crippen LogP) is 1.86. The molecule has 1 heterocycles. The van der Waals surface area contributed by atoms with E-state index in [9.17, 15) is 0 Å². The van der Waals surface area contributed by atoms with Gasteiger partial charge in [0.05, 0.1) is 6.61 Å². The van der Waals surface area contributed by atoms with Crippen LogP contribution in [0.15, 0.2) is 0 Å². The van der Waals surface area contributed by atoms with Crippen LogP contribution < -0.4 is 5.73 Å². The second-order valence-corrected chi connectivity index (χ2v) is 4.80. The van der Waals surface area contributed by atoms with Gasteiger partial charge in [-0.3, -0.25) is 0 Å². The molecule has 1 aliphatic heterocycles. The molecule has 0 saturated carbocycles. The number of hydrogen-bond acceptors (Lipinski definition) is 3. The average molecular weight is 228 g/mol. The van der Waals surface area contributed by atoms with Gasteiger partial charge in [-0.15, -0.1) is 0 Å². The standard InChI is InChI=1S/C13H28N2O/c1-2-13(6-7-14)5-3-8-15-9-4-11-16-12-10-15/h13H,2-12,14H2,1H3. The molecule has 1 fully saturated rings. The molecule has 1 unspecified atom stereocenters. The highest BCUT2D eigenvalue weighted by Gasteiger charge is 2.10. The minimum Gasteiger partial charge on any atom is -0.380 e. The third kappa shape index (κ3) is 5.83. The molecule has 96 valence electrons. The molecule has 16 heavy (non-hydrogen) atoms. The summed E-state index contributed by atoms with van der Waals surface area (Å²) in [6.45, 7) is 8.56. The molecule has 0 radical (unpaired) electrons. The summed E-state index contributed by atoms with van der Waals surface area (Å²) in [6.07, 6.45) is 6.32. The van der Waals surface area contributed by atoms with Crippen LogP contribution in [0, 0.1) is 5.92 Å². The minimum absolute atomic E-state index is 0.841. The lowest BCUT2D eigenvalue weighted by Crippen LogP contribution is -2.27. The normalized spacial score (nSPS) is 20.6. The monoisotopic (exact) mass is 228 g/mol. The number of nitrogens with two attached hydrogens (primary N) is 1. The lowest BCUT2D eigenvalue weighted by molar-refractivity contribution is 0.141. The molecule has 0 aromatic heterocycles. The fraction of sp³-hybridized carbons (Fsp3) is 1.00. The van der Waals surface area contributed by atoms with E-state index in [2.05, 4.69) is 11.8 Å². The quantitative estimate of drug-likeness (QED) is 0.723. The smallest absolute Gasteiger partial charge is 0.0593 e. The van der Waals surface area contributed by atoms with Crippen molar-refractivity contribution in [2.45, 2.75) is 39.0 Å². The third-order valence-corrected chi connectivity index (χ3v) is 3.55. The zero-order valence-corrected chi connectivity index (χ0v) is 10.8. The van der Waals surface area contributed by atoms with Crippen LogP contribution in [0.2, 0.25) is 0 Å². The van der Waals surface area contributed by atoms with Gasteiger partial charge in [0.1, 0.15) is 0 Å². The number of ether oxygens (including phenoxy) is 1. The molecular formula is C13H28N2O. The zero-order valence-electron chi connectivity index (χ0n) is 10.8. The van der Waals surface area contributed by atoms with Gasteiger partial charge in [-0.1, -0.05) is 13.3 Å². The van der Waals surface area contributed by atoms with Crippen LogP contribution in [-0.4, -0.2) is 44.3 Å². The minimum atomic E-state index is 0.841. The van der Waals surface area contributed by atoms with Crippen LogP contribution in [0.25, 0.3) is 0 Å². The van der Waals surface area contributed by atoms with Gasteiger partial charge in [0, 0.05) is 19.7 Å². The van der Waals surface area contributed by atoms with Crippen molar-refractivity contribution >= 4 is 0 Å². The Balaban J connectivity index is 2.08. The van der Waals surface area contributed by atoms with E-state index in [4.69, 9.17) is 10.5 Å². The molecule has 0 aromatic rings.